The number of ketones is 1. The molecule has 2 aromatic carbocycles. The molecule has 0 saturated heterocycles. The summed E-state index contributed by atoms with van der Waals surface area (Å²) in [4.78, 5) is 26.3. The predicted molar refractivity (Wildman–Crippen MR) is 132 cm³/mol. The number of rotatable bonds is 8. The lowest BCUT2D eigenvalue weighted by molar-refractivity contribution is -0.112. The summed E-state index contributed by atoms with van der Waals surface area (Å²) in [6, 6.07) is 22.6. The highest BCUT2D eigenvalue weighted by Gasteiger charge is 2.25. The van der Waals surface area contributed by atoms with Gasteiger partial charge in [-0.2, -0.15) is 4.31 Å². The molecule has 8 heteroatoms. The lowest BCUT2D eigenvalue weighted by atomic mass is 10.0. The lowest BCUT2D eigenvalue weighted by Gasteiger charge is -2.18. The van der Waals surface area contributed by atoms with E-state index in [1.54, 1.807) is 30.5 Å². The third-order valence-electron chi connectivity index (χ3n) is 5.64. The molecule has 0 spiro atoms. The SMILES string of the molecule is CCN(CC)S(=O)(=O)c1ccc(NC(=O)C(=O)c2c(-c3ccccc3)cc3ccccn23)cc1. The highest BCUT2D eigenvalue weighted by molar-refractivity contribution is 7.89. The first-order valence-electron chi connectivity index (χ1n) is 11.0. The number of Topliss-reactive ketones (excluding diaryl/α,β-unsaturated/α-hetero) is 1. The van der Waals surface area contributed by atoms with Gasteiger partial charge in [0, 0.05) is 36.1 Å². The Labute approximate surface area is 198 Å². The first-order chi connectivity index (χ1) is 16.4. The minimum absolute atomic E-state index is 0.129. The van der Waals surface area contributed by atoms with Crippen LogP contribution in [-0.4, -0.2) is 41.9 Å². The van der Waals surface area contributed by atoms with E-state index in [2.05, 4.69) is 5.32 Å². The van der Waals surface area contributed by atoms with E-state index in [0.717, 1.165) is 11.1 Å². The van der Waals surface area contributed by atoms with Crippen molar-refractivity contribution in [2.75, 3.05) is 18.4 Å². The minimum atomic E-state index is -3.61. The molecule has 2 heterocycles. The summed E-state index contributed by atoms with van der Waals surface area (Å²) in [5.74, 6) is -1.50. The first-order valence-corrected chi connectivity index (χ1v) is 12.4. The molecule has 4 aromatic rings. The van der Waals surface area contributed by atoms with Crippen molar-refractivity contribution in [1.82, 2.24) is 8.71 Å². The van der Waals surface area contributed by atoms with Crippen molar-refractivity contribution >= 4 is 32.9 Å². The Morgan fingerprint density at radius 1 is 0.882 bits per heavy atom. The third-order valence-corrected chi connectivity index (χ3v) is 7.71. The van der Waals surface area contributed by atoms with Gasteiger partial charge in [-0.3, -0.25) is 9.59 Å². The van der Waals surface area contributed by atoms with E-state index >= 15 is 0 Å². The Balaban J connectivity index is 1.63. The fourth-order valence-corrected chi connectivity index (χ4v) is 5.37. The van der Waals surface area contributed by atoms with Crippen LogP contribution in [0.4, 0.5) is 5.69 Å². The monoisotopic (exact) mass is 475 g/mol. The van der Waals surface area contributed by atoms with Crippen LogP contribution in [0.1, 0.15) is 24.3 Å². The van der Waals surface area contributed by atoms with Crippen molar-refractivity contribution in [1.29, 1.82) is 0 Å². The van der Waals surface area contributed by atoms with Crippen molar-refractivity contribution in [3.05, 3.63) is 90.8 Å². The Bertz CT molecular complexity index is 1440. The second kappa shape index (κ2) is 9.62. The van der Waals surface area contributed by atoms with Gasteiger partial charge in [0.2, 0.25) is 10.0 Å². The Morgan fingerprint density at radius 2 is 1.53 bits per heavy atom. The molecule has 1 amide bonds. The number of carbonyl (C=O) groups excluding carboxylic acids is 2. The average Bonchev–Trinajstić information content (AvgIpc) is 3.24. The van der Waals surface area contributed by atoms with Gasteiger partial charge in [0.25, 0.3) is 11.7 Å². The zero-order valence-electron chi connectivity index (χ0n) is 18.9. The Morgan fingerprint density at radius 3 is 2.18 bits per heavy atom. The summed E-state index contributed by atoms with van der Waals surface area (Å²) >= 11 is 0. The van der Waals surface area contributed by atoms with Crippen molar-refractivity contribution in [3.8, 4) is 11.1 Å². The number of nitrogens with zero attached hydrogens (tertiary/aromatic N) is 2. The molecule has 34 heavy (non-hydrogen) atoms. The zero-order valence-corrected chi connectivity index (χ0v) is 19.7. The summed E-state index contributed by atoms with van der Waals surface area (Å²) < 4.78 is 28.4. The fourth-order valence-electron chi connectivity index (χ4n) is 3.91. The molecule has 0 radical (unpaired) electrons. The molecule has 7 nitrogen and oxygen atoms in total. The van der Waals surface area contributed by atoms with Crippen LogP contribution in [0.2, 0.25) is 0 Å². The molecule has 0 unspecified atom stereocenters. The topological polar surface area (TPSA) is 88.0 Å². The molecule has 0 fully saturated rings. The molecule has 1 N–H and O–H groups in total. The van der Waals surface area contributed by atoms with Gasteiger partial charge < -0.3 is 9.72 Å². The molecule has 0 aliphatic heterocycles. The van der Waals surface area contributed by atoms with Crippen LogP contribution in [0, 0.1) is 0 Å². The predicted octanol–water partition coefficient (Wildman–Crippen LogP) is 4.46. The summed E-state index contributed by atoms with van der Waals surface area (Å²) in [5.41, 5.74) is 2.88. The van der Waals surface area contributed by atoms with E-state index in [0.29, 0.717) is 24.3 Å². The van der Waals surface area contributed by atoms with Gasteiger partial charge in [-0.05, 0) is 48.0 Å². The first kappa shape index (κ1) is 23.4. The van der Waals surface area contributed by atoms with E-state index in [4.69, 9.17) is 0 Å². The number of sulfonamides is 1. The molecule has 174 valence electrons. The van der Waals surface area contributed by atoms with Crippen LogP contribution >= 0.6 is 0 Å². The fraction of sp³-hybridized carbons (Fsp3) is 0.154. The van der Waals surface area contributed by atoms with Crippen LogP contribution in [0.3, 0.4) is 0 Å². The van der Waals surface area contributed by atoms with Crippen molar-refractivity contribution in [3.63, 3.8) is 0 Å². The second-order valence-electron chi connectivity index (χ2n) is 7.67. The number of pyridine rings is 1. The van der Waals surface area contributed by atoms with Crippen LogP contribution < -0.4 is 5.32 Å². The molecule has 0 aliphatic carbocycles. The van der Waals surface area contributed by atoms with E-state index in [9.17, 15) is 18.0 Å². The summed E-state index contributed by atoms with van der Waals surface area (Å²) in [5, 5.41) is 2.60. The van der Waals surface area contributed by atoms with E-state index in [1.807, 2.05) is 48.5 Å². The molecule has 2 aromatic heterocycles. The van der Waals surface area contributed by atoms with Crippen LogP contribution in [0.5, 0.6) is 0 Å². The van der Waals surface area contributed by atoms with Gasteiger partial charge in [-0.25, -0.2) is 8.42 Å². The molecule has 4 rings (SSSR count). The number of nitrogens with one attached hydrogen (secondary N) is 1. The average molecular weight is 476 g/mol. The van der Waals surface area contributed by atoms with E-state index in [1.165, 1.54) is 28.6 Å². The number of fused-ring (bicyclic) bond motifs is 1. The molecular weight excluding hydrogens is 450 g/mol. The van der Waals surface area contributed by atoms with Gasteiger partial charge in [0.1, 0.15) is 5.69 Å². The van der Waals surface area contributed by atoms with Gasteiger partial charge in [-0.1, -0.05) is 50.2 Å². The quantitative estimate of drug-likeness (QED) is 0.301. The number of anilines is 1. The number of benzene rings is 2. The molecule has 0 aliphatic rings. The van der Waals surface area contributed by atoms with Gasteiger partial charge in [0.05, 0.1) is 4.90 Å². The van der Waals surface area contributed by atoms with Crippen molar-refractivity contribution in [2.45, 2.75) is 18.7 Å². The number of aromatic nitrogens is 1. The molecule has 0 atom stereocenters. The van der Waals surface area contributed by atoms with Crippen LogP contribution in [-0.2, 0) is 14.8 Å². The number of hydrogen-bond donors (Lipinski definition) is 1. The second-order valence-corrected chi connectivity index (χ2v) is 9.60. The van der Waals surface area contributed by atoms with Gasteiger partial charge in [0.15, 0.2) is 0 Å². The van der Waals surface area contributed by atoms with Crippen molar-refractivity contribution < 1.29 is 18.0 Å². The van der Waals surface area contributed by atoms with E-state index < -0.39 is 21.7 Å². The normalized spacial score (nSPS) is 11.6. The lowest BCUT2D eigenvalue weighted by Crippen LogP contribution is -2.30. The van der Waals surface area contributed by atoms with Gasteiger partial charge >= 0.3 is 0 Å². The van der Waals surface area contributed by atoms with E-state index in [-0.39, 0.29) is 10.6 Å². The molecule has 0 saturated carbocycles. The largest absolute Gasteiger partial charge is 0.319 e. The van der Waals surface area contributed by atoms with Gasteiger partial charge in [-0.15, -0.1) is 0 Å². The maximum Gasteiger partial charge on any atom is 0.298 e. The standard InChI is InChI=1S/C26H25N3O4S/c1-3-28(4-2)34(32,33)22-15-13-20(14-16-22)27-26(31)25(30)24-23(19-10-6-5-7-11-19)18-21-12-8-9-17-29(21)24/h5-18H,3-4H2,1-2H3,(H,27,31). The third kappa shape index (κ3) is 4.37. The molecule has 0 bridgehead atoms. The highest BCUT2D eigenvalue weighted by atomic mass is 32.2. The maximum absolute atomic E-state index is 13.3. The van der Waals surface area contributed by atoms with Crippen LogP contribution in [0.25, 0.3) is 16.6 Å². The molecular formula is C26H25N3O4S. The van der Waals surface area contributed by atoms with Crippen molar-refractivity contribution in [2.24, 2.45) is 0 Å². The minimum Gasteiger partial charge on any atom is -0.319 e. The Kier molecular flexibility index (Phi) is 6.63. The van der Waals surface area contributed by atoms with Crippen LogP contribution in [0.15, 0.2) is 90.0 Å². The number of carbonyl (C=O) groups is 2. The summed E-state index contributed by atoms with van der Waals surface area (Å²) in [6.07, 6.45) is 1.75. The maximum atomic E-state index is 13.3. The highest BCUT2D eigenvalue weighted by Crippen LogP contribution is 2.28. The number of hydrogen-bond acceptors (Lipinski definition) is 4. The summed E-state index contributed by atoms with van der Waals surface area (Å²) in [7, 11) is -3.61. The smallest absolute Gasteiger partial charge is 0.298 e. The zero-order chi connectivity index (χ0) is 24.3. The Hall–Kier alpha value is -3.75. The number of amides is 1. The summed E-state index contributed by atoms with van der Waals surface area (Å²) in [6.45, 7) is 4.27.